The molecule has 0 aromatic rings. The molecule has 0 saturated heterocycles. The highest BCUT2D eigenvalue weighted by molar-refractivity contribution is 7.99. The van der Waals surface area contributed by atoms with Gasteiger partial charge in [0, 0.05) is 34.4 Å². The minimum absolute atomic E-state index is 0.145. The number of likely N-dealkylation sites (N-methyl/N-ethyl adjacent to an activating group) is 1. The smallest absolute Gasteiger partial charge is 0.0558 e. The Morgan fingerprint density at radius 3 is 2.58 bits per heavy atom. The molecule has 0 spiro atoms. The predicted molar refractivity (Wildman–Crippen MR) is 52.0 cm³/mol. The van der Waals surface area contributed by atoms with E-state index in [2.05, 4.69) is 4.58 Å². The number of nitroso groups, excluding NO2 is 1. The zero-order valence-electron chi connectivity index (χ0n) is 7.78. The van der Waals surface area contributed by atoms with E-state index >= 15 is 0 Å². The van der Waals surface area contributed by atoms with Gasteiger partial charge in [-0.3, -0.25) is 0 Å². The number of hydrogen-bond donors (Lipinski definition) is 1. The summed E-state index contributed by atoms with van der Waals surface area (Å²) in [4.78, 5) is 12.0. The Labute approximate surface area is 77.4 Å². The van der Waals surface area contributed by atoms with E-state index in [0.29, 0.717) is 6.54 Å². The lowest BCUT2D eigenvalue weighted by atomic mass is 10.2. The number of aliphatic hydroxyl groups excluding tert-OH is 1. The average molecular weight is 192 g/mol. The molecule has 0 unspecified atom stereocenters. The van der Waals surface area contributed by atoms with E-state index in [1.807, 2.05) is 25.8 Å². The van der Waals surface area contributed by atoms with Gasteiger partial charge in [0.15, 0.2) is 0 Å². The molecule has 72 valence electrons. The third-order valence-electron chi connectivity index (χ3n) is 1.42. The van der Waals surface area contributed by atoms with Crippen molar-refractivity contribution >= 4 is 11.9 Å². The van der Waals surface area contributed by atoms with Gasteiger partial charge >= 0.3 is 0 Å². The van der Waals surface area contributed by atoms with Gasteiger partial charge < -0.3 is 10.0 Å². The predicted octanol–water partition coefficient (Wildman–Crippen LogP) is 1.10. The van der Waals surface area contributed by atoms with Crippen molar-refractivity contribution in [3.8, 4) is 0 Å². The summed E-state index contributed by atoms with van der Waals surface area (Å²) in [6, 6.07) is 0. The molecular formula is C7H16N2O2S. The topological polar surface area (TPSA) is 52.9 Å². The molecule has 0 amide bonds. The molecule has 0 aliphatic rings. The molecule has 0 aromatic carbocycles. The van der Waals surface area contributed by atoms with Crippen molar-refractivity contribution in [3.05, 3.63) is 4.91 Å². The summed E-state index contributed by atoms with van der Waals surface area (Å²) in [5, 5.41) is 8.63. The third-order valence-corrected chi connectivity index (χ3v) is 2.11. The van der Waals surface area contributed by atoms with Crippen LogP contribution in [0.3, 0.4) is 0 Å². The van der Waals surface area contributed by atoms with Crippen LogP contribution in [0.15, 0.2) is 4.58 Å². The second-order valence-corrected chi connectivity index (χ2v) is 4.82. The van der Waals surface area contributed by atoms with E-state index in [1.54, 1.807) is 0 Å². The van der Waals surface area contributed by atoms with Crippen LogP contribution in [0.5, 0.6) is 0 Å². The molecule has 0 saturated carbocycles. The van der Waals surface area contributed by atoms with E-state index < -0.39 is 0 Å². The standard InChI is InChI=1S/C7H16N2O2S/c1-7(2,12-8-11)6-9(3)4-5-10/h10H,4-6H2,1-3H3. The van der Waals surface area contributed by atoms with Gasteiger partial charge in [0.2, 0.25) is 0 Å². The molecule has 0 atom stereocenters. The second kappa shape index (κ2) is 5.50. The molecule has 1 N–H and O–H groups in total. The average Bonchev–Trinajstić information content (AvgIpc) is 1.85. The van der Waals surface area contributed by atoms with E-state index in [4.69, 9.17) is 5.11 Å². The Morgan fingerprint density at radius 1 is 1.58 bits per heavy atom. The molecule has 0 aliphatic carbocycles. The van der Waals surface area contributed by atoms with Crippen molar-refractivity contribution in [3.63, 3.8) is 0 Å². The first-order valence-electron chi connectivity index (χ1n) is 3.82. The summed E-state index contributed by atoms with van der Waals surface area (Å²) >= 11 is 1.03. The monoisotopic (exact) mass is 192 g/mol. The van der Waals surface area contributed by atoms with Crippen LogP contribution in [0, 0.1) is 4.91 Å². The van der Waals surface area contributed by atoms with Gasteiger partial charge in [-0.1, -0.05) is 0 Å². The lowest BCUT2D eigenvalue weighted by Crippen LogP contribution is -2.35. The molecular weight excluding hydrogens is 176 g/mol. The molecule has 0 aliphatic heterocycles. The Bertz CT molecular complexity index is 141. The summed E-state index contributed by atoms with van der Waals surface area (Å²) in [7, 11) is 1.91. The van der Waals surface area contributed by atoms with Crippen LogP contribution in [0.1, 0.15) is 13.8 Å². The van der Waals surface area contributed by atoms with E-state index in [0.717, 1.165) is 18.5 Å². The van der Waals surface area contributed by atoms with Crippen LogP contribution in [-0.2, 0) is 0 Å². The minimum atomic E-state index is -0.175. The quantitative estimate of drug-likeness (QED) is 0.506. The number of nitrogens with zero attached hydrogens (tertiary/aromatic N) is 2. The Balaban J connectivity index is 3.78. The van der Waals surface area contributed by atoms with Gasteiger partial charge in [-0.05, 0) is 20.9 Å². The first-order chi connectivity index (χ1) is 5.52. The number of hydrogen-bond acceptors (Lipinski definition) is 5. The van der Waals surface area contributed by atoms with Crippen molar-refractivity contribution in [1.29, 1.82) is 0 Å². The first kappa shape index (κ1) is 11.9. The third kappa shape index (κ3) is 5.51. The lowest BCUT2D eigenvalue weighted by Gasteiger charge is -2.26. The van der Waals surface area contributed by atoms with Crippen molar-refractivity contribution < 1.29 is 5.11 Å². The van der Waals surface area contributed by atoms with Crippen molar-refractivity contribution in [2.24, 2.45) is 4.58 Å². The number of aliphatic hydroxyl groups is 1. The molecule has 0 heterocycles. The van der Waals surface area contributed by atoms with Gasteiger partial charge in [-0.15, -0.1) is 4.91 Å². The highest BCUT2D eigenvalue weighted by Gasteiger charge is 2.21. The molecule has 12 heavy (non-hydrogen) atoms. The van der Waals surface area contributed by atoms with Crippen LogP contribution in [0.25, 0.3) is 0 Å². The van der Waals surface area contributed by atoms with Gasteiger partial charge in [-0.25, -0.2) is 0 Å². The molecule has 0 rings (SSSR count). The molecule has 0 aromatic heterocycles. The molecule has 0 fully saturated rings. The largest absolute Gasteiger partial charge is 0.395 e. The fourth-order valence-electron chi connectivity index (χ4n) is 1.03. The summed E-state index contributed by atoms with van der Waals surface area (Å²) in [6.07, 6.45) is 0. The highest BCUT2D eigenvalue weighted by Crippen LogP contribution is 2.25. The van der Waals surface area contributed by atoms with Crippen LogP contribution in [-0.4, -0.2) is 41.5 Å². The molecule has 5 heteroatoms. The van der Waals surface area contributed by atoms with Crippen LogP contribution in [0.2, 0.25) is 0 Å². The summed E-state index contributed by atoms with van der Waals surface area (Å²) in [5.41, 5.74) is 0. The van der Waals surface area contributed by atoms with E-state index in [9.17, 15) is 4.91 Å². The highest BCUT2D eigenvalue weighted by atomic mass is 32.2. The van der Waals surface area contributed by atoms with Crippen LogP contribution < -0.4 is 0 Å². The lowest BCUT2D eigenvalue weighted by molar-refractivity contribution is 0.214. The zero-order valence-corrected chi connectivity index (χ0v) is 8.60. The van der Waals surface area contributed by atoms with E-state index in [-0.39, 0.29) is 11.4 Å². The maximum atomic E-state index is 10.0. The fraction of sp³-hybridized carbons (Fsp3) is 1.00. The van der Waals surface area contributed by atoms with Crippen molar-refractivity contribution in [1.82, 2.24) is 4.90 Å². The minimum Gasteiger partial charge on any atom is -0.395 e. The van der Waals surface area contributed by atoms with Gasteiger partial charge in [-0.2, -0.15) is 0 Å². The summed E-state index contributed by atoms with van der Waals surface area (Å²) < 4.78 is 2.62. The molecule has 0 radical (unpaired) electrons. The summed E-state index contributed by atoms with van der Waals surface area (Å²) in [6.45, 7) is 5.42. The maximum absolute atomic E-state index is 10.0. The van der Waals surface area contributed by atoms with Crippen LogP contribution in [0.4, 0.5) is 0 Å². The zero-order chi connectivity index (χ0) is 9.61. The van der Waals surface area contributed by atoms with Crippen molar-refractivity contribution in [2.75, 3.05) is 26.7 Å². The van der Waals surface area contributed by atoms with E-state index in [1.165, 1.54) is 0 Å². The Kier molecular flexibility index (Phi) is 5.44. The first-order valence-corrected chi connectivity index (χ1v) is 4.59. The van der Waals surface area contributed by atoms with Crippen molar-refractivity contribution in [2.45, 2.75) is 18.6 Å². The van der Waals surface area contributed by atoms with Gasteiger partial charge in [0.05, 0.1) is 6.61 Å². The molecule has 0 bridgehead atoms. The maximum Gasteiger partial charge on any atom is 0.0558 e. The van der Waals surface area contributed by atoms with Gasteiger partial charge in [0.25, 0.3) is 0 Å². The summed E-state index contributed by atoms with van der Waals surface area (Å²) in [5.74, 6) is 0. The Morgan fingerprint density at radius 2 is 2.17 bits per heavy atom. The van der Waals surface area contributed by atoms with Gasteiger partial charge in [0.1, 0.15) is 0 Å². The molecule has 4 nitrogen and oxygen atoms in total. The number of rotatable bonds is 6. The Hall–Kier alpha value is -0.130. The SMILES string of the molecule is CN(CCO)CC(C)(C)SN=O. The van der Waals surface area contributed by atoms with Crippen LogP contribution >= 0.6 is 11.9 Å². The second-order valence-electron chi connectivity index (χ2n) is 3.39. The normalized spacial score (nSPS) is 12.1. The fourth-order valence-corrected chi connectivity index (χ4v) is 1.51.